The zero-order chi connectivity index (χ0) is 21.7. The Hall–Kier alpha value is -3.33. The number of hydrogen-bond acceptors (Lipinski definition) is 7. The molecule has 0 unspecified atom stereocenters. The molecular formula is C21H25N3O6. The van der Waals surface area contributed by atoms with Gasteiger partial charge in [-0.3, -0.25) is 19.8 Å². The van der Waals surface area contributed by atoms with Crippen LogP contribution in [0.2, 0.25) is 0 Å². The lowest BCUT2D eigenvalue weighted by molar-refractivity contribution is -0.384. The zero-order valence-corrected chi connectivity index (χ0v) is 17.2. The Morgan fingerprint density at radius 3 is 2.50 bits per heavy atom. The van der Waals surface area contributed by atoms with Crippen LogP contribution in [0.15, 0.2) is 36.4 Å². The predicted molar refractivity (Wildman–Crippen MR) is 111 cm³/mol. The monoisotopic (exact) mass is 415 g/mol. The molecule has 9 nitrogen and oxygen atoms in total. The molecule has 9 heteroatoms. The SMILES string of the molecule is COc1ccc([C@@H]2CCCN2CC(=O)Nc2ccc(OC)cc2[N+](=O)[O-])c(OC)c1. The van der Waals surface area contributed by atoms with E-state index in [1.807, 2.05) is 18.2 Å². The number of carbonyl (C=O) groups excluding carboxylic acids is 1. The molecular weight excluding hydrogens is 390 g/mol. The first-order valence-electron chi connectivity index (χ1n) is 9.55. The van der Waals surface area contributed by atoms with Gasteiger partial charge in [-0.15, -0.1) is 0 Å². The summed E-state index contributed by atoms with van der Waals surface area (Å²) in [6.45, 7) is 0.862. The third kappa shape index (κ3) is 4.62. The summed E-state index contributed by atoms with van der Waals surface area (Å²) in [7, 11) is 4.63. The lowest BCUT2D eigenvalue weighted by atomic mass is 10.0. The van der Waals surface area contributed by atoms with Crippen molar-refractivity contribution in [2.24, 2.45) is 0 Å². The summed E-state index contributed by atoms with van der Waals surface area (Å²) in [6.07, 6.45) is 1.83. The molecule has 1 saturated heterocycles. The van der Waals surface area contributed by atoms with Crippen LogP contribution in [-0.2, 0) is 4.79 Å². The number of likely N-dealkylation sites (tertiary alicyclic amines) is 1. The van der Waals surface area contributed by atoms with Gasteiger partial charge in [-0.1, -0.05) is 6.07 Å². The van der Waals surface area contributed by atoms with Gasteiger partial charge in [-0.2, -0.15) is 0 Å². The van der Waals surface area contributed by atoms with Gasteiger partial charge in [-0.25, -0.2) is 0 Å². The lowest BCUT2D eigenvalue weighted by Crippen LogP contribution is -2.33. The topological polar surface area (TPSA) is 103 Å². The number of hydrogen-bond donors (Lipinski definition) is 1. The summed E-state index contributed by atoms with van der Waals surface area (Å²) in [5, 5.41) is 14.0. The van der Waals surface area contributed by atoms with Gasteiger partial charge in [0, 0.05) is 17.7 Å². The third-order valence-corrected chi connectivity index (χ3v) is 5.19. The smallest absolute Gasteiger partial charge is 0.296 e. The fourth-order valence-electron chi connectivity index (χ4n) is 3.73. The van der Waals surface area contributed by atoms with Crippen LogP contribution in [0.4, 0.5) is 11.4 Å². The van der Waals surface area contributed by atoms with Gasteiger partial charge < -0.3 is 19.5 Å². The molecule has 0 saturated carbocycles. The molecule has 1 fully saturated rings. The third-order valence-electron chi connectivity index (χ3n) is 5.19. The Morgan fingerprint density at radius 2 is 1.83 bits per heavy atom. The zero-order valence-electron chi connectivity index (χ0n) is 17.2. The molecule has 2 aromatic carbocycles. The maximum atomic E-state index is 12.7. The van der Waals surface area contributed by atoms with Crippen LogP contribution in [0.25, 0.3) is 0 Å². The molecule has 2 aromatic rings. The van der Waals surface area contributed by atoms with E-state index in [0.717, 1.165) is 24.9 Å². The van der Waals surface area contributed by atoms with E-state index in [1.54, 1.807) is 20.3 Å². The minimum atomic E-state index is -0.543. The van der Waals surface area contributed by atoms with Crippen LogP contribution in [-0.4, -0.2) is 50.1 Å². The summed E-state index contributed by atoms with van der Waals surface area (Å²) in [5.74, 6) is 1.44. The highest BCUT2D eigenvalue weighted by Crippen LogP contribution is 2.38. The average molecular weight is 415 g/mol. The molecule has 0 spiro atoms. The van der Waals surface area contributed by atoms with Gasteiger partial charge in [0.25, 0.3) is 5.69 Å². The molecule has 0 aromatic heterocycles. The molecule has 1 N–H and O–H groups in total. The first kappa shape index (κ1) is 21.4. The first-order chi connectivity index (χ1) is 14.5. The van der Waals surface area contributed by atoms with Crippen LogP contribution in [0.5, 0.6) is 17.2 Å². The quantitative estimate of drug-likeness (QED) is 0.521. The van der Waals surface area contributed by atoms with Crippen LogP contribution in [0.3, 0.4) is 0 Å². The number of nitro benzene ring substituents is 1. The number of benzene rings is 2. The van der Waals surface area contributed by atoms with Crippen molar-refractivity contribution in [2.45, 2.75) is 18.9 Å². The second-order valence-corrected chi connectivity index (χ2v) is 6.92. The number of amides is 1. The van der Waals surface area contributed by atoms with E-state index < -0.39 is 4.92 Å². The molecule has 30 heavy (non-hydrogen) atoms. The maximum absolute atomic E-state index is 12.7. The summed E-state index contributed by atoms with van der Waals surface area (Å²) in [5.41, 5.74) is 0.917. The standard InChI is InChI=1S/C21H25N3O6/c1-28-14-7-9-17(19(11-14)24(26)27)22-21(25)13-23-10-4-5-18(23)16-8-6-15(29-2)12-20(16)30-3/h6-9,11-12,18H,4-5,10,13H2,1-3H3,(H,22,25)/t18-/m0/s1. The largest absolute Gasteiger partial charge is 0.497 e. The molecule has 3 rings (SSSR count). The fraction of sp³-hybridized carbons (Fsp3) is 0.381. The van der Waals surface area contributed by atoms with Gasteiger partial charge in [0.15, 0.2) is 0 Å². The van der Waals surface area contributed by atoms with Crippen molar-refractivity contribution in [2.75, 3.05) is 39.7 Å². The van der Waals surface area contributed by atoms with Crippen molar-refractivity contribution in [3.63, 3.8) is 0 Å². The van der Waals surface area contributed by atoms with Crippen LogP contribution >= 0.6 is 0 Å². The van der Waals surface area contributed by atoms with Crippen molar-refractivity contribution in [1.82, 2.24) is 4.90 Å². The van der Waals surface area contributed by atoms with Gasteiger partial charge in [-0.05, 0) is 37.6 Å². The van der Waals surface area contributed by atoms with Crippen molar-refractivity contribution >= 4 is 17.3 Å². The number of anilines is 1. The molecule has 0 aliphatic carbocycles. The minimum absolute atomic E-state index is 0.0162. The predicted octanol–water partition coefficient (Wildman–Crippen LogP) is 3.40. The molecule has 1 aliphatic rings. The fourth-order valence-corrected chi connectivity index (χ4v) is 3.73. The highest BCUT2D eigenvalue weighted by molar-refractivity contribution is 5.94. The number of methoxy groups -OCH3 is 3. The lowest BCUT2D eigenvalue weighted by Gasteiger charge is -2.25. The Morgan fingerprint density at radius 1 is 1.13 bits per heavy atom. The van der Waals surface area contributed by atoms with Crippen molar-refractivity contribution < 1.29 is 23.9 Å². The highest BCUT2D eigenvalue weighted by atomic mass is 16.6. The average Bonchev–Trinajstić information content (AvgIpc) is 3.20. The van der Waals surface area contributed by atoms with E-state index in [0.29, 0.717) is 17.2 Å². The number of nitrogens with one attached hydrogen (secondary N) is 1. The number of ether oxygens (including phenoxy) is 3. The van der Waals surface area contributed by atoms with Crippen LogP contribution in [0.1, 0.15) is 24.4 Å². The van der Waals surface area contributed by atoms with E-state index >= 15 is 0 Å². The maximum Gasteiger partial charge on any atom is 0.296 e. The second-order valence-electron chi connectivity index (χ2n) is 6.92. The van der Waals surface area contributed by atoms with E-state index in [-0.39, 0.29) is 29.9 Å². The molecule has 1 amide bonds. The van der Waals surface area contributed by atoms with Gasteiger partial charge >= 0.3 is 0 Å². The van der Waals surface area contributed by atoms with Crippen LogP contribution in [0, 0.1) is 10.1 Å². The van der Waals surface area contributed by atoms with Crippen molar-refractivity contribution in [3.8, 4) is 17.2 Å². The van der Waals surface area contributed by atoms with E-state index in [1.165, 1.54) is 19.2 Å². The number of nitro groups is 1. The molecule has 160 valence electrons. The van der Waals surface area contributed by atoms with E-state index in [4.69, 9.17) is 14.2 Å². The molecule has 1 aliphatic heterocycles. The molecule has 1 atom stereocenters. The normalized spacial score (nSPS) is 16.2. The number of nitrogens with zero attached hydrogens (tertiary/aromatic N) is 2. The Balaban J connectivity index is 1.75. The Kier molecular flexibility index (Phi) is 6.73. The summed E-state index contributed by atoms with van der Waals surface area (Å²) < 4.78 is 15.8. The van der Waals surface area contributed by atoms with Crippen LogP contribution < -0.4 is 19.5 Å². The van der Waals surface area contributed by atoms with Gasteiger partial charge in [0.1, 0.15) is 22.9 Å². The van der Waals surface area contributed by atoms with Crippen molar-refractivity contribution in [1.29, 1.82) is 0 Å². The van der Waals surface area contributed by atoms with E-state index in [9.17, 15) is 14.9 Å². The molecule has 1 heterocycles. The molecule has 0 radical (unpaired) electrons. The van der Waals surface area contributed by atoms with Gasteiger partial charge in [0.05, 0.1) is 38.9 Å². The summed E-state index contributed by atoms with van der Waals surface area (Å²) >= 11 is 0. The summed E-state index contributed by atoms with van der Waals surface area (Å²) in [6, 6.07) is 10.00. The Labute approximate surface area is 174 Å². The summed E-state index contributed by atoms with van der Waals surface area (Å²) in [4.78, 5) is 25.5. The first-order valence-corrected chi connectivity index (χ1v) is 9.55. The Bertz CT molecular complexity index is 933. The van der Waals surface area contributed by atoms with Crippen molar-refractivity contribution in [3.05, 3.63) is 52.1 Å². The van der Waals surface area contributed by atoms with E-state index in [2.05, 4.69) is 10.2 Å². The molecule has 0 bridgehead atoms. The number of carbonyl (C=O) groups is 1. The second kappa shape index (κ2) is 9.45. The minimum Gasteiger partial charge on any atom is -0.497 e. The van der Waals surface area contributed by atoms with Gasteiger partial charge in [0.2, 0.25) is 5.91 Å². The number of rotatable bonds is 8. The highest BCUT2D eigenvalue weighted by Gasteiger charge is 2.30.